The molecule has 0 aliphatic heterocycles. The first-order valence-corrected chi connectivity index (χ1v) is 20.2. The van der Waals surface area contributed by atoms with Crippen LogP contribution < -0.4 is 9.47 Å². The quantitative estimate of drug-likeness (QED) is 0.0711. The van der Waals surface area contributed by atoms with E-state index in [0.717, 1.165) is 103 Å². The number of hydrogen-bond acceptors (Lipinski definition) is 6. The molecule has 6 heteroatoms. The number of unbranched alkanes of at least 4 members (excludes halogenated alkanes) is 6. The normalized spacial score (nSPS) is 12.8. The zero-order valence-electron chi connectivity index (χ0n) is 33.4. The van der Waals surface area contributed by atoms with Crippen molar-refractivity contribution in [3.05, 3.63) is 71.8 Å². The van der Waals surface area contributed by atoms with Gasteiger partial charge >= 0.3 is 0 Å². The lowest BCUT2D eigenvalue weighted by molar-refractivity contribution is 0.259. The van der Waals surface area contributed by atoms with Crippen LogP contribution in [0.5, 0.6) is 11.5 Å². The summed E-state index contributed by atoms with van der Waals surface area (Å²) in [6, 6.07) is 21.7. The lowest BCUT2D eigenvalue weighted by Gasteiger charge is -2.25. The first-order valence-electron chi connectivity index (χ1n) is 20.2. The van der Waals surface area contributed by atoms with E-state index in [1.165, 1.54) is 47.6 Å². The van der Waals surface area contributed by atoms with Crippen LogP contribution in [0, 0.1) is 0 Å². The monoisotopic (exact) mass is 718 g/mol. The fourth-order valence-corrected chi connectivity index (χ4v) is 7.90. The summed E-state index contributed by atoms with van der Waals surface area (Å²) >= 11 is 0. The minimum Gasteiger partial charge on any atom is -0.490 e. The Morgan fingerprint density at radius 2 is 0.796 bits per heavy atom. The molecular weight excluding hydrogens is 665 g/mol. The van der Waals surface area contributed by atoms with E-state index in [-0.39, 0.29) is 10.8 Å². The van der Waals surface area contributed by atoms with Crippen molar-refractivity contribution < 1.29 is 9.47 Å². The predicted molar refractivity (Wildman–Crippen MR) is 228 cm³/mol. The van der Waals surface area contributed by atoms with Crippen LogP contribution in [-0.4, -0.2) is 33.1 Å². The van der Waals surface area contributed by atoms with Gasteiger partial charge in [-0.3, -0.25) is 0 Å². The van der Waals surface area contributed by atoms with Gasteiger partial charge in [-0.1, -0.05) is 106 Å². The maximum absolute atomic E-state index is 6.47. The van der Waals surface area contributed by atoms with Crippen LogP contribution in [0.15, 0.2) is 60.7 Å². The lowest BCUT2D eigenvalue weighted by atomic mass is 9.80. The summed E-state index contributed by atoms with van der Waals surface area (Å²) < 4.78 is 12.9. The number of benzene rings is 6. The van der Waals surface area contributed by atoms with E-state index in [1.807, 2.05) is 12.1 Å². The average Bonchev–Trinajstić information content (AvgIpc) is 3.15. The van der Waals surface area contributed by atoms with Crippen LogP contribution in [0.1, 0.15) is 118 Å². The fraction of sp³-hybridized carbons (Fsp3) is 0.417. The molecule has 0 saturated carbocycles. The third-order valence-electron chi connectivity index (χ3n) is 11.1. The van der Waals surface area contributed by atoms with Crippen molar-refractivity contribution in [2.75, 3.05) is 13.2 Å². The highest BCUT2D eigenvalue weighted by atomic mass is 16.5. The summed E-state index contributed by atoms with van der Waals surface area (Å²) in [6.45, 7) is 19.4. The van der Waals surface area contributed by atoms with Crippen LogP contribution in [0.4, 0.5) is 0 Å². The minimum atomic E-state index is -0.112. The first-order chi connectivity index (χ1) is 26.0. The molecule has 2 heterocycles. The molecule has 0 N–H and O–H groups in total. The summed E-state index contributed by atoms with van der Waals surface area (Å²) in [7, 11) is 0. The van der Waals surface area contributed by atoms with Crippen LogP contribution in [0.2, 0.25) is 0 Å². The molecule has 0 radical (unpaired) electrons. The summed E-state index contributed by atoms with van der Waals surface area (Å²) in [4.78, 5) is 21.7. The fourth-order valence-electron chi connectivity index (χ4n) is 7.90. The van der Waals surface area contributed by atoms with E-state index in [9.17, 15) is 0 Å². The highest BCUT2D eigenvalue weighted by Crippen LogP contribution is 2.47. The van der Waals surface area contributed by atoms with Gasteiger partial charge in [-0.2, -0.15) is 0 Å². The predicted octanol–water partition coefficient (Wildman–Crippen LogP) is 13.3. The molecular formula is C48H54N4O2. The molecule has 0 aliphatic carbocycles. The lowest BCUT2D eigenvalue weighted by Crippen LogP contribution is -2.12. The smallest absolute Gasteiger partial charge is 0.163 e. The molecule has 0 unspecified atom stereocenters. The maximum atomic E-state index is 6.47. The summed E-state index contributed by atoms with van der Waals surface area (Å²) in [6.07, 6.45) is 9.14. The molecule has 2 aromatic heterocycles. The van der Waals surface area contributed by atoms with Crippen molar-refractivity contribution in [1.29, 1.82) is 0 Å². The van der Waals surface area contributed by atoms with Gasteiger partial charge in [0.05, 0.1) is 57.3 Å². The van der Waals surface area contributed by atoms with E-state index in [4.69, 9.17) is 29.4 Å². The van der Waals surface area contributed by atoms with E-state index < -0.39 is 0 Å². The van der Waals surface area contributed by atoms with E-state index in [1.54, 1.807) is 0 Å². The van der Waals surface area contributed by atoms with Crippen LogP contribution >= 0.6 is 0 Å². The summed E-state index contributed by atoms with van der Waals surface area (Å²) in [5, 5.41) is 6.75. The standard InChI is InChI=1S/C48H54N4O2/c1-9-11-13-17-21-53-39-27-37-38(28-40(39)54-22-18-14-12-10-2)52-46-34-26-30(48(6,7)8)24-32-42(34)41-31(23-29(47(3,4)5)25-33(41)45(46)51-37)43-44(32)50-36-20-16-15-19-35(36)49-43/h15-16,19-20,23-28H,9-14,17-18,21-22H2,1-8H3. The Morgan fingerprint density at radius 1 is 0.444 bits per heavy atom. The van der Waals surface area contributed by atoms with Crippen LogP contribution in [-0.2, 0) is 10.8 Å². The molecule has 0 spiro atoms. The van der Waals surface area contributed by atoms with Crippen molar-refractivity contribution >= 4 is 76.5 Å². The Hall–Kier alpha value is -4.84. The maximum Gasteiger partial charge on any atom is 0.163 e. The van der Waals surface area contributed by atoms with Gasteiger partial charge in [0.2, 0.25) is 0 Å². The SMILES string of the molecule is CCCCCCOc1cc2nc3c4cc(C(C)(C)C)cc5c6nc7ccccc7nc6c6cc(C(C)(C)C)cc(c3nc2cc1OCCCCCC)c6c54. The molecule has 0 atom stereocenters. The number of ether oxygens (including phenoxy) is 2. The van der Waals surface area contributed by atoms with Crippen molar-refractivity contribution in [1.82, 2.24) is 19.9 Å². The molecule has 8 rings (SSSR count). The van der Waals surface area contributed by atoms with E-state index in [0.29, 0.717) is 13.2 Å². The van der Waals surface area contributed by atoms with Crippen molar-refractivity contribution in [3.63, 3.8) is 0 Å². The van der Waals surface area contributed by atoms with Crippen LogP contribution in [0.25, 0.3) is 76.5 Å². The number of aromatic nitrogens is 4. The van der Waals surface area contributed by atoms with Gasteiger partial charge in [0.1, 0.15) is 0 Å². The topological polar surface area (TPSA) is 70.0 Å². The molecule has 0 bridgehead atoms. The number of hydrogen-bond donors (Lipinski definition) is 0. The summed E-state index contributed by atoms with van der Waals surface area (Å²) in [5.74, 6) is 1.50. The Kier molecular flexibility index (Phi) is 9.44. The second-order valence-corrected chi connectivity index (χ2v) is 17.3. The molecule has 0 aliphatic rings. The second kappa shape index (κ2) is 14.1. The molecule has 0 amide bonds. The highest BCUT2D eigenvalue weighted by molar-refractivity contribution is 6.39. The van der Waals surface area contributed by atoms with Gasteiger partial charge in [-0.05, 0) is 71.2 Å². The Morgan fingerprint density at radius 3 is 1.13 bits per heavy atom. The summed E-state index contributed by atoms with van der Waals surface area (Å²) in [5.41, 5.74) is 9.29. The largest absolute Gasteiger partial charge is 0.490 e. The molecule has 0 saturated heterocycles. The number of fused-ring (bicyclic) bond motifs is 8. The molecule has 8 aromatic rings. The minimum absolute atomic E-state index is 0.112. The average molecular weight is 719 g/mol. The number of nitrogens with zero attached hydrogens (tertiary/aromatic N) is 4. The molecule has 54 heavy (non-hydrogen) atoms. The Labute approximate surface area is 319 Å². The first kappa shape index (κ1) is 36.2. The zero-order valence-corrected chi connectivity index (χ0v) is 33.4. The van der Waals surface area contributed by atoms with Gasteiger partial charge in [0.15, 0.2) is 11.5 Å². The number of rotatable bonds is 12. The highest BCUT2D eigenvalue weighted by Gasteiger charge is 2.26. The molecule has 0 fully saturated rings. The van der Waals surface area contributed by atoms with E-state index >= 15 is 0 Å². The van der Waals surface area contributed by atoms with Gasteiger partial charge in [-0.15, -0.1) is 0 Å². The third kappa shape index (κ3) is 6.52. The number of para-hydroxylation sites is 2. The zero-order chi connectivity index (χ0) is 37.8. The third-order valence-corrected chi connectivity index (χ3v) is 11.1. The van der Waals surface area contributed by atoms with Gasteiger partial charge in [0, 0.05) is 44.5 Å². The molecule has 278 valence electrons. The Bertz CT molecular complexity index is 2480. The van der Waals surface area contributed by atoms with Crippen molar-refractivity contribution in [3.8, 4) is 11.5 Å². The van der Waals surface area contributed by atoms with Gasteiger partial charge < -0.3 is 9.47 Å². The van der Waals surface area contributed by atoms with Crippen LogP contribution in [0.3, 0.4) is 0 Å². The van der Waals surface area contributed by atoms with Crippen molar-refractivity contribution in [2.24, 2.45) is 0 Å². The Balaban J connectivity index is 1.47. The second-order valence-electron chi connectivity index (χ2n) is 17.3. The van der Waals surface area contributed by atoms with Gasteiger partial charge in [0.25, 0.3) is 0 Å². The molecule has 6 nitrogen and oxygen atoms in total. The van der Waals surface area contributed by atoms with Gasteiger partial charge in [-0.25, -0.2) is 19.9 Å². The molecule has 6 aromatic carbocycles. The van der Waals surface area contributed by atoms with Crippen molar-refractivity contribution in [2.45, 2.75) is 118 Å². The van der Waals surface area contributed by atoms with E-state index in [2.05, 4.69) is 104 Å².